The molecule has 0 fully saturated rings. The Kier molecular flexibility index (Phi) is 3.31. The maximum absolute atomic E-state index is 5.69. The fourth-order valence-electron chi connectivity index (χ4n) is 1.44. The molecule has 0 aromatic carbocycles. The first kappa shape index (κ1) is 11.2. The number of hydrogen-bond donors (Lipinski definition) is 1. The van der Waals surface area contributed by atoms with Gasteiger partial charge in [0.1, 0.15) is 0 Å². The number of furan rings is 1. The average molecular weight is 241 g/mol. The summed E-state index contributed by atoms with van der Waals surface area (Å²) in [6.45, 7) is 4.90. The molecule has 0 radical (unpaired) electrons. The molecule has 1 unspecified atom stereocenters. The zero-order chi connectivity index (χ0) is 11.5. The lowest BCUT2D eigenvalue weighted by atomic mass is 10.3. The molecule has 0 bridgehead atoms. The molecule has 0 saturated heterocycles. The van der Waals surface area contributed by atoms with Crippen LogP contribution < -0.4 is 5.32 Å². The third kappa shape index (κ3) is 2.28. The number of halogens is 1. The molecule has 2 aromatic heterocycles. The van der Waals surface area contributed by atoms with Gasteiger partial charge in [-0.05, 0) is 37.2 Å². The van der Waals surface area contributed by atoms with Crippen LogP contribution in [0.4, 0.5) is 0 Å². The van der Waals surface area contributed by atoms with E-state index in [1.54, 1.807) is 18.3 Å². The van der Waals surface area contributed by atoms with Crippen LogP contribution in [0.15, 0.2) is 27.2 Å². The van der Waals surface area contributed by atoms with Gasteiger partial charge in [-0.25, -0.2) is 4.98 Å². The van der Waals surface area contributed by atoms with E-state index in [4.69, 9.17) is 20.4 Å². The van der Waals surface area contributed by atoms with E-state index in [-0.39, 0.29) is 6.04 Å². The van der Waals surface area contributed by atoms with E-state index in [1.807, 2.05) is 13.8 Å². The van der Waals surface area contributed by atoms with Crippen LogP contribution >= 0.6 is 11.6 Å². The smallest absolute Gasteiger partial charge is 0.211 e. The Bertz CT molecular complexity index is 464. The van der Waals surface area contributed by atoms with Crippen LogP contribution in [0.25, 0.3) is 11.5 Å². The maximum atomic E-state index is 5.69. The van der Waals surface area contributed by atoms with Gasteiger partial charge in [-0.2, -0.15) is 0 Å². The van der Waals surface area contributed by atoms with Gasteiger partial charge in [-0.1, -0.05) is 6.92 Å². The molecule has 86 valence electrons. The van der Waals surface area contributed by atoms with Crippen molar-refractivity contribution in [2.75, 3.05) is 6.54 Å². The Labute approximate surface area is 98.6 Å². The molecule has 2 rings (SSSR count). The molecular formula is C11H13ClN2O2. The third-order valence-corrected chi connectivity index (χ3v) is 2.42. The monoisotopic (exact) mass is 240 g/mol. The zero-order valence-electron chi connectivity index (χ0n) is 9.16. The average Bonchev–Trinajstić information content (AvgIpc) is 2.85. The van der Waals surface area contributed by atoms with Gasteiger partial charge in [0.15, 0.2) is 16.7 Å². The van der Waals surface area contributed by atoms with Crippen molar-refractivity contribution in [3.05, 3.63) is 29.4 Å². The Morgan fingerprint density at radius 2 is 2.19 bits per heavy atom. The van der Waals surface area contributed by atoms with Crippen molar-refractivity contribution in [1.82, 2.24) is 10.3 Å². The quantitative estimate of drug-likeness (QED) is 0.891. The van der Waals surface area contributed by atoms with Crippen LogP contribution in [0, 0.1) is 0 Å². The van der Waals surface area contributed by atoms with E-state index in [1.165, 1.54) is 0 Å². The van der Waals surface area contributed by atoms with Crippen LogP contribution in [0.5, 0.6) is 0 Å². The number of rotatable bonds is 4. The van der Waals surface area contributed by atoms with E-state index in [2.05, 4.69) is 10.3 Å². The molecule has 0 saturated carbocycles. The summed E-state index contributed by atoms with van der Waals surface area (Å²) in [5.41, 5.74) is 0. The summed E-state index contributed by atoms with van der Waals surface area (Å²) in [6, 6.07) is 3.52. The number of oxazole rings is 1. The SMILES string of the molecule is CCNC(C)c1ncc(-c2ccc(Cl)o2)o1. The molecule has 5 heteroatoms. The predicted molar refractivity (Wildman–Crippen MR) is 61.3 cm³/mol. The van der Waals surface area contributed by atoms with Gasteiger partial charge in [0.25, 0.3) is 0 Å². The zero-order valence-corrected chi connectivity index (χ0v) is 9.91. The number of hydrogen-bond acceptors (Lipinski definition) is 4. The van der Waals surface area contributed by atoms with E-state index < -0.39 is 0 Å². The van der Waals surface area contributed by atoms with Crippen LogP contribution in [-0.4, -0.2) is 11.5 Å². The first-order valence-corrected chi connectivity index (χ1v) is 5.53. The fourth-order valence-corrected chi connectivity index (χ4v) is 1.59. The van der Waals surface area contributed by atoms with Crippen LogP contribution in [0.1, 0.15) is 25.8 Å². The summed E-state index contributed by atoms with van der Waals surface area (Å²) in [7, 11) is 0. The highest BCUT2D eigenvalue weighted by atomic mass is 35.5. The van der Waals surface area contributed by atoms with Gasteiger partial charge in [0.2, 0.25) is 5.89 Å². The summed E-state index contributed by atoms with van der Waals surface area (Å²) in [4.78, 5) is 4.19. The number of aromatic nitrogens is 1. The largest absolute Gasteiger partial charge is 0.441 e. The molecule has 0 aliphatic heterocycles. The van der Waals surface area contributed by atoms with Crippen molar-refractivity contribution in [3.8, 4) is 11.5 Å². The van der Waals surface area contributed by atoms with Gasteiger partial charge in [-0.3, -0.25) is 0 Å². The standard InChI is InChI=1S/C11H13ClN2O2/c1-3-13-7(2)11-14-6-9(16-11)8-4-5-10(12)15-8/h4-7,13H,3H2,1-2H3. The van der Waals surface area contributed by atoms with Crippen molar-refractivity contribution >= 4 is 11.6 Å². The van der Waals surface area contributed by atoms with Crippen molar-refractivity contribution in [2.24, 2.45) is 0 Å². The second-order valence-corrected chi connectivity index (χ2v) is 3.82. The minimum atomic E-state index is 0.0872. The minimum Gasteiger partial charge on any atom is -0.441 e. The van der Waals surface area contributed by atoms with Gasteiger partial charge in [0.05, 0.1) is 12.2 Å². The van der Waals surface area contributed by atoms with E-state index >= 15 is 0 Å². The molecule has 1 atom stereocenters. The van der Waals surface area contributed by atoms with Gasteiger partial charge in [0, 0.05) is 0 Å². The molecule has 0 aliphatic rings. The number of nitrogens with one attached hydrogen (secondary N) is 1. The Hall–Kier alpha value is -1.26. The fraction of sp³-hybridized carbons (Fsp3) is 0.364. The summed E-state index contributed by atoms with van der Waals surface area (Å²) < 4.78 is 10.8. The van der Waals surface area contributed by atoms with Gasteiger partial charge in [-0.15, -0.1) is 0 Å². The highest BCUT2D eigenvalue weighted by molar-refractivity contribution is 6.28. The first-order chi connectivity index (χ1) is 7.70. The summed E-state index contributed by atoms with van der Waals surface area (Å²) >= 11 is 5.69. The van der Waals surface area contributed by atoms with E-state index in [9.17, 15) is 0 Å². The van der Waals surface area contributed by atoms with Gasteiger partial charge < -0.3 is 14.2 Å². The molecule has 0 amide bonds. The summed E-state index contributed by atoms with van der Waals surface area (Å²) in [6.07, 6.45) is 1.64. The third-order valence-electron chi connectivity index (χ3n) is 2.22. The lowest BCUT2D eigenvalue weighted by Crippen LogP contribution is -2.17. The second kappa shape index (κ2) is 4.72. The van der Waals surface area contributed by atoms with Crippen LogP contribution in [0.2, 0.25) is 5.22 Å². The maximum Gasteiger partial charge on any atom is 0.211 e. The molecule has 2 heterocycles. The minimum absolute atomic E-state index is 0.0872. The Morgan fingerprint density at radius 3 is 2.81 bits per heavy atom. The predicted octanol–water partition coefficient (Wildman–Crippen LogP) is 3.26. The highest BCUT2D eigenvalue weighted by Gasteiger charge is 2.14. The molecule has 1 N–H and O–H groups in total. The summed E-state index contributed by atoms with van der Waals surface area (Å²) in [5.74, 6) is 1.82. The van der Waals surface area contributed by atoms with Crippen molar-refractivity contribution in [1.29, 1.82) is 0 Å². The summed E-state index contributed by atoms with van der Waals surface area (Å²) in [5, 5.41) is 3.56. The molecular weight excluding hydrogens is 228 g/mol. The first-order valence-electron chi connectivity index (χ1n) is 5.15. The molecule has 0 spiro atoms. The number of nitrogens with zero attached hydrogens (tertiary/aromatic N) is 1. The van der Waals surface area contributed by atoms with E-state index in [0.717, 1.165) is 6.54 Å². The van der Waals surface area contributed by atoms with Crippen molar-refractivity contribution in [2.45, 2.75) is 19.9 Å². The molecule has 0 aliphatic carbocycles. The Morgan fingerprint density at radius 1 is 1.38 bits per heavy atom. The molecule has 2 aromatic rings. The molecule has 4 nitrogen and oxygen atoms in total. The molecule has 16 heavy (non-hydrogen) atoms. The van der Waals surface area contributed by atoms with Crippen LogP contribution in [0.3, 0.4) is 0 Å². The van der Waals surface area contributed by atoms with Crippen molar-refractivity contribution in [3.63, 3.8) is 0 Å². The van der Waals surface area contributed by atoms with Crippen molar-refractivity contribution < 1.29 is 8.83 Å². The lowest BCUT2D eigenvalue weighted by molar-refractivity contribution is 0.420. The second-order valence-electron chi connectivity index (χ2n) is 3.45. The normalized spacial score (nSPS) is 12.9. The van der Waals surface area contributed by atoms with E-state index in [0.29, 0.717) is 22.6 Å². The lowest BCUT2D eigenvalue weighted by Gasteiger charge is -2.06. The van der Waals surface area contributed by atoms with Crippen LogP contribution in [-0.2, 0) is 0 Å². The topological polar surface area (TPSA) is 51.2 Å². The van der Waals surface area contributed by atoms with Gasteiger partial charge >= 0.3 is 0 Å². The highest BCUT2D eigenvalue weighted by Crippen LogP contribution is 2.26. The Balaban J connectivity index is 2.19.